The molecular formula is C12H16BrN3O4S. The van der Waals surface area contributed by atoms with Crippen LogP contribution in [0.4, 0.5) is 0 Å². The van der Waals surface area contributed by atoms with E-state index in [1.807, 2.05) is 0 Å². The molecule has 1 fully saturated rings. The van der Waals surface area contributed by atoms with Gasteiger partial charge in [-0.2, -0.15) is 12.7 Å². The van der Waals surface area contributed by atoms with Crippen LogP contribution in [0, 0.1) is 0 Å². The van der Waals surface area contributed by atoms with E-state index in [2.05, 4.69) is 15.9 Å². The summed E-state index contributed by atoms with van der Waals surface area (Å²) < 4.78 is 29.4. The molecule has 0 unspecified atom stereocenters. The molecular weight excluding hydrogens is 362 g/mol. The molecule has 1 aromatic rings. The Kier molecular flexibility index (Phi) is 4.87. The molecule has 9 heteroatoms. The average Bonchev–Trinajstić information content (AvgIpc) is 2.46. The molecule has 2 rings (SSSR count). The van der Waals surface area contributed by atoms with Gasteiger partial charge in [0.05, 0.1) is 12.7 Å². The van der Waals surface area contributed by atoms with Crippen LogP contribution < -0.4 is 9.88 Å². The van der Waals surface area contributed by atoms with Crippen molar-refractivity contribution in [3.63, 3.8) is 0 Å². The predicted octanol–water partition coefficient (Wildman–Crippen LogP) is 0.419. The Balaban J connectivity index is 2.12. The van der Waals surface area contributed by atoms with Crippen molar-refractivity contribution in [2.45, 2.75) is 0 Å². The van der Waals surface area contributed by atoms with Crippen molar-refractivity contribution in [1.29, 1.82) is 0 Å². The van der Waals surface area contributed by atoms with Crippen molar-refractivity contribution >= 4 is 32.0 Å². The number of piperazine rings is 1. The Morgan fingerprint density at radius 3 is 2.43 bits per heavy atom. The highest BCUT2D eigenvalue weighted by Gasteiger charge is 2.27. The van der Waals surface area contributed by atoms with E-state index in [1.165, 1.54) is 7.11 Å². The molecule has 1 aliphatic heterocycles. The van der Waals surface area contributed by atoms with E-state index in [0.29, 0.717) is 28.9 Å². The molecule has 1 saturated heterocycles. The Labute approximate surface area is 132 Å². The van der Waals surface area contributed by atoms with E-state index >= 15 is 0 Å². The number of amides is 1. The van der Waals surface area contributed by atoms with Gasteiger partial charge in [-0.15, -0.1) is 0 Å². The number of rotatable bonds is 3. The zero-order valence-corrected chi connectivity index (χ0v) is 13.9. The number of benzene rings is 1. The van der Waals surface area contributed by atoms with E-state index in [0.717, 1.165) is 4.31 Å². The third-order valence-corrected chi connectivity index (χ3v) is 5.07. The molecule has 1 amide bonds. The summed E-state index contributed by atoms with van der Waals surface area (Å²) in [5.41, 5.74) is 0.485. The second-order valence-electron chi connectivity index (χ2n) is 4.58. The molecule has 21 heavy (non-hydrogen) atoms. The van der Waals surface area contributed by atoms with Gasteiger partial charge in [-0.05, 0) is 34.1 Å². The highest BCUT2D eigenvalue weighted by molar-refractivity contribution is 9.10. The van der Waals surface area contributed by atoms with Crippen LogP contribution in [0.25, 0.3) is 0 Å². The zero-order chi connectivity index (χ0) is 15.6. The summed E-state index contributed by atoms with van der Waals surface area (Å²) in [5, 5.41) is 5.08. The minimum atomic E-state index is -3.69. The number of nitrogens with zero attached hydrogens (tertiary/aromatic N) is 2. The van der Waals surface area contributed by atoms with E-state index < -0.39 is 10.2 Å². The zero-order valence-electron chi connectivity index (χ0n) is 11.5. The number of halogens is 1. The van der Waals surface area contributed by atoms with Gasteiger partial charge in [-0.3, -0.25) is 4.79 Å². The van der Waals surface area contributed by atoms with Gasteiger partial charge in [0.1, 0.15) is 5.75 Å². The lowest BCUT2D eigenvalue weighted by molar-refractivity contribution is 0.0696. The van der Waals surface area contributed by atoms with Gasteiger partial charge >= 0.3 is 0 Å². The minimum Gasteiger partial charge on any atom is -0.497 e. The van der Waals surface area contributed by atoms with Crippen LogP contribution in [0.1, 0.15) is 10.4 Å². The third kappa shape index (κ3) is 3.73. The normalized spacial score (nSPS) is 16.8. The fraction of sp³-hybridized carbons (Fsp3) is 0.417. The fourth-order valence-corrected chi connectivity index (χ4v) is 3.20. The predicted molar refractivity (Wildman–Crippen MR) is 81.3 cm³/mol. The topological polar surface area (TPSA) is 92.9 Å². The third-order valence-electron chi connectivity index (χ3n) is 3.29. The maximum absolute atomic E-state index is 12.5. The molecule has 0 radical (unpaired) electrons. The van der Waals surface area contributed by atoms with E-state index in [9.17, 15) is 13.2 Å². The first kappa shape index (κ1) is 16.2. The van der Waals surface area contributed by atoms with Crippen molar-refractivity contribution in [3.8, 4) is 5.75 Å². The molecule has 116 valence electrons. The highest BCUT2D eigenvalue weighted by Crippen LogP contribution is 2.24. The molecule has 1 aromatic carbocycles. The van der Waals surface area contributed by atoms with Crippen LogP contribution in [0.15, 0.2) is 22.7 Å². The number of methoxy groups -OCH3 is 1. The number of carbonyl (C=O) groups is 1. The van der Waals surface area contributed by atoms with E-state index in [4.69, 9.17) is 9.88 Å². The minimum absolute atomic E-state index is 0.171. The standard InChI is InChI=1S/C12H16BrN3O4S/c1-20-9-2-3-11(13)10(8-9)12(17)15-4-6-16(7-5-15)21(14,18)19/h2-3,8H,4-7H2,1H3,(H2,14,18,19). The smallest absolute Gasteiger partial charge is 0.277 e. The average molecular weight is 378 g/mol. The van der Waals surface area contributed by atoms with Crippen molar-refractivity contribution in [1.82, 2.24) is 9.21 Å². The molecule has 0 spiro atoms. The Hall–Kier alpha value is -1.16. The monoisotopic (exact) mass is 377 g/mol. The number of ether oxygens (including phenoxy) is 1. The van der Waals surface area contributed by atoms with Gasteiger partial charge in [0.2, 0.25) is 0 Å². The quantitative estimate of drug-likeness (QED) is 0.825. The second-order valence-corrected chi connectivity index (χ2v) is 6.98. The molecule has 1 heterocycles. The first-order chi connectivity index (χ1) is 9.82. The van der Waals surface area contributed by atoms with Gasteiger partial charge in [0, 0.05) is 30.7 Å². The van der Waals surface area contributed by atoms with Gasteiger partial charge in [0.25, 0.3) is 16.1 Å². The molecule has 1 aliphatic rings. The van der Waals surface area contributed by atoms with Gasteiger partial charge in [-0.25, -0.2) is 5.14 Å². The van der Waals surface area contributed by atoms with Crippen molar-refractivity contribution < 1.29 is 17.9 Å². The summed E-state index contributed by atoms with van der Waals surface area (Å²) in [6.45, 7) is 1.01. The molecule has 0 aromatic heterocycles. The van der Waals surface area contributed by atoms with Crippen molar-refractivity contribution in [2.24, 2.45) is 5.14 Å². The summed E-state index contributed by atoms with van der Waals surface area (Å²) in [6.07, 6.45) is 0. The number of hydrogen-bond donors (Lipinski definition) is 1. The van der Waals surface area contributed by atoms with Gasteiger partial charge < -0.3 is 9.64 Å². The van der Waals surface area contributed by atoms with Crippen LogP contribution in [-0.2, 0) is 10.2 Å². The molecule has 0 aliphatic carbocycles. The summed E-state index contributed by atoms with van der Waals surface area (Å²) in [6, 6.07) is 5.14. The number of carbonyl (C=O) groups excluding carboxylic acids is 1. The molecule has 7 nitrogen and oxygen atoms in total. The lowest BCUT2D eigenvalue weighted by Gasteiger charge is -2.33. The largest absolute Gasteiger partial charge is 0.497 e. The Morgan fingerprint density at radius 2 is 1.90 bits per heavy atom. The van der Waals surface area contributed by atoms with Crippen LogP contribution >= 0.6 is 15.9 Å². The highest BCUT2D eigenvalue weighted by atomic mass is 79.9. The Morgan fingerprint density at radius 1 is 1.29 bits per heavy atom. The van der Waals surface area contributed by atoms with Gasteiger partial charge in [0.15, 0.2) is 0 Å². The Bertz CT molecular complexity index is 642. The van der Waals surface area contributed by atoms with Crippen LogP contribution in [0.2, 0.25) is 0 Å². The maximum atomic E-state index is 12.5. The fourth-order valence-electron chi connectivity index (χ4n) is 2.11. The first-order valence-corrected chi connectivity index (χ1v) is 8.53. The molecule has 0 saturated carbocycles. The molecule has 0 bridgehead atoms. The summed E-state index contributed by atoms with van der Waals surface area (Å²) in [4.78, 5) is 14.1. The summed E-state index contributed by atoms with van der Waals surface area (Å²) in [5.74, 6) is 0.416. The maximum Gasteiger partial charge on any atom is 0.277 e. The lowest BCUT2D eigenvalue weighted by atomic mass is 10.1. The summed E-state index contributed by atoms with van der Waals surface area (Å²) in [7, 11) is -2.16. The van der Waals surface area contributed by atoms with Crippen molar-refractivity contribution in [3.05, 3.63) is 28.2 Å². The lowest BCUT2D eigenvalue weighted by Crippen LogP contribution is -2.52. The first-order valence-electron chi connectivity index (χ1n) is 6.23. The van der Waals surface area contributed by atoms with E-state index in [-0.39, 0.29) is 19.0 Å². The van der Waals surface area contributed by atoms with Crippen LogP contribution in [-0.4, -0.2) is 56.8 Å². The van der Waals surface area contributed by atoms with Crippen LogP contribution in [0.3, 0.4) is 0 Å². The number of nitrogens with two attached hydrogens (primary N) is 1. The molecule has 2 N–H and O–H groups in total. The van der Waals surface area contributed by atoms with E-state index in [1.54, 1.807) is 23.1 Å². The van der Waals surface area contributed by atoms with Crippen LogP contribution in [0.5, 0.6) is 5.75 Å². The second kappa shape index (κ2) is 6.30. The molecule has 0 atom stereocenters. The van der Waals surface area contributed by atoms with Crippen molar-refractivity contribution in [2.75, 3.05) is 33.3 Å². The number of hydrogen-bond acceptors (Lipinski definition) is 4. The van der Waals surface area contributed by atoms with Gasteiger partial charge in [-0.1, -0.05) is 0 Å². The SMILES string of the molecule is COc1ccc(Br)c(C(=O)N2CCN(S(N)(=O)=O)CC2)c1. The summed E-state index contributed by atoms with van der Waals surface area (Å²) >= 11 is 3.34.